The summed E-state index contributed by atoms with van der Waals surface area (Å²) in [7, 11) is 1.74. The van der Waals surface area contributed by atoms with E-state index >= 15 is 0 Å². The first-order valence-corrected chi connectivity index (χ1v) is 11.4. The second-order valence-corrected chi connectivity index (χ2v) is 10.4. The van der Waals surface area contributed by atoms with Crippen molar-refractivity contribution in [2.75, 3.05) is 6.54 Å². The number of fused-ring (bicyclic) bond motifs is 2. The van der Waals surface area contributed by atoms with Crippen molar-refractivity contribution in [1.82, 2.24) is 14.5 Å². The third-order valence-corrected chi connectivity index (χ3v) is 8.37. The Morgan fingerprint density at radius 3 is 2.93 bits per heavy atom. The molecule has 3 aromatic heterocycles. The van der Waals surface area contributed by atoms with E-state index in [4.69, 9.17) is 0 Å². The molecule has 1 aliphatic heterocycles. The molecule has 3 aromatic rings. The first-order valence-electron chi connectivity index (χ1n) is 8.84. The number of hydrogen-bond acceptors (Lipinski definition) is 6. The van der Waals surface area contributed by atoms with Crippen molar-refractivity contribution in [3.63, 3.8) is 0 Å². The molecule has 8 heteroatoms. The molecule has 27 heavy (non-hydrogen) atoms. The molecule has 4 heterocycles. The molecule has 4 rings (SSSR count). The van der Waals surface area contributed by atoms with Gasteiger partial charge in [-0.05, 0) is 49.8 Å². The highest BCUT2D eigenvalue weighted by molar-refractivity contribution is 8.00. The van der Waals surface area contributed by atoms with E-state index in [1.54, 1.807) is 34.3 Å². The van der Waals surface area contributed by atoms with Crippen LogP contribution in [0.25, 0.3) is 10.2 Å². The number of aromatic nitrogens is 2. The Morgan fingerprint density at radius 2 is 2.15 bits per heavy atom. The van der Waals surface area contributed by atoms with Crippen LogP contribution in [-0.2, 0) is 24.8 Å². The average molecular weight is 420 g/mol. The van der Waals surface area contributed by atoms with E-state index < -0.39 is 0 Å². The molecule has 5 nitrogen and oxygen atoms in total. The summed E-state index contributed by atoms with van der Waals surface area (Å²) in [6.07, 6.45) is 0.923. The van der Waals surface area contributed by atoms with Gasteiger partial charge in [0.1, 0.15) is 4.83 Å². The van der Waals surface area contributed by atoms with Gasteiger partial charge in [0.15, 0.2) is 5.16 Å². The molecule has 0 saturated heterocycles. The zero-order chi connectivity index (χ0) is 19.3. The lowest BCUT2D eigenvalue weighted by atomic mass is 10.1. The number of aryl methyl sites for hydroxylation is 2. The minimum absolute atomic E-state index is 0.0371. The van der Waals surface area contributed by atoms with Crippen molar-refractivity contribution in [2.45, 2.75) is 44.1 Å². The lowest BCUT2D eigenvalue weighted by molar-refractivity contribution is -0.131. The van der Waals surface area contributed by atoms with Gasteiger partial charge in [0.25, 0.3) is 5.56 Å². The number of thiophene rings is 2. The largest absolute Gasteiger partial charge is 0.337 e. The highest BCUT2D eigenvalue weighted by atomic mass is 32.2. The quantitative estimate of drug-likeness (QED) is 0.479. The van der Waals surface area contributed by atoms with Crippen molar-refractivity contribution < 1.29 is 4.79 Å². The van der Waals surface area contributed by atoms with Crippen molar-refractivity contribution in [1.29, 1.82) is 0 Å². The van der Waals surface area contributed by atoms with Crippen LogP contribution in [-0.4, -0.2) is 32.2 Å². The summed E-state index contributed by atoms with van der Waals surface area (Å²) in [5.41, 5.74) is 2.22. The van der Waals surface area contributed by atoms with Gasteiger partial charge < -0.3 is 4.90 Å². The number of hydrogen-bond donors (Lipinski definition) is 0. The van der Waals surface area contributed by atoms with Crippen molar-refractivity contribution in [3.8, 4) is 0 Å². The molecule has 1 unspecified atom stereocenters. The molecule has 0 bridgehead atoms. The summed E-state index contributed by atoms with van der Waals surface area (Å²) in [6.45, 7) is 7.31. The number of carbonyl (C=O) groups is 1. The third-order valence-electron chi connectivity index (χ3n) is 5.12. The van der Waals surface area contributed by atoms with E-state index in [9.17, 15) is 9.59 Å². The van der Waals surface area contributed by atoms with E-state index in [0.29, 0.717) is 17.1 Å². The number of nitrogens with zero attached hydrogens (tertiary/aromatic N) is 3. The fourth-order valence-electron chi connectivity index (χ4n) is 3.36. The van der Waals surface area contributed by atoms with Crippen LogP contribution < -0.4 is 5.56 Å². The van der Waals surface area contributed by atoms with Crippen LogP contribution in [0.2, 0.25) is 0 Å². The summed E-state index contributed by atoms with van der Waals surface area (Å²) >= 11 is 4.68. The summed E-state index contributed by atoms with van der Waals surface area (Å²) in [5.74, 6) is 0.102. The van der Waals surface area contributed by atoms with E-state index in [2.05, 4.69) is 16.4 Å². The maximum Gasteiger partial charge on any atom is 0.262 e. The van der Waals surface area contributed by atoms with Gasteiger partial charge in [-0.1, -0.05) is 11.8 Å². The summed E-state index contributed by atoms with van der Waals surface area (Å²) < 4.78 is 1.57. The highest BCUT2D eigenvalue weighted by Gasteiger charge is 2.27. The van der Waals surface area contributed by atoms with Crippen molar-refractivity contribution in [3.05, 3.63) is 42.7 Å². The fourth-order valence-corrected chi connectivity index (χ4v) is 6.28. The molecule has 1 aliphatic rings. The Hall–Kier alpha value is -1.64. The molecule has 0 aromatic carbocycles. The Morgan fingerprint density at radius 1 is 1.37 bits per heavy atom. The smallest absolute Gasteiger partial charge is 0.262 e. The Bertz CT molecular complexity index is 1100. The van der Waals surface area contributed by atoms with Crippen molar-refractivity contribution in [2.24, 2.45) is 7.05 Å². The molecular weight excluding hydrogens is 398 g/mol. The van der Waals surface area contributed by atoms with Crippen LogP contribution in [0.1, 0.15) is 27.8 Å². The van der Waals surface area contributed by atoms with Gasteiger partial charge in [-0.2, -0.15) is 0 Å². The maximum atomic E-state index is 12.9. The van der Waals surface area contributed by atoms with Crippen LogP contribution in [0, 0.1) is 13.8 Å². The standard InChI is InChI=1S/C19H21N3O2S3/c1-10-11(2)26-16-15(10)18(24)21(4)19(20-16)27-12(3)17(23)22-7-5-14-13(9-22)6-8-25-14/h6,8,12H,5,7,9H2,1-4H3. The van der Waals surface area contributed by atoms with Gasteiger partial charge in [0, 0.05) is 29.9 Å². The van der Waals surface area contributed by atoms with E-state index in [1.165, 1.54) is 22.2 Å². The number of amides is 1. The predicted molar refractivity (Wildman–Crippen MR) is 113 cm³/mol. The Kier molecular flexibility index (Phi) is 4.90. The van der Waals surface area contributed by atoms with Crippen molar-refractivity contribution >= 4 is 50.6 Å². The first-order chi connectivity index (χ1) is 12.9. The monoisotopic (exact) mass is 419 g/mol. The number of thioether (sulfide) groups is 1. The predicted octanol–water partition coefficient (Wildman–Crippen LogP) is 3.74. The molecule has 142 valence electrons. The van der Waals surface area contributed by atoms with E-state index in [0.717, 1.165) is 28.2 Å². The van der Waals surface area contributed by atoms with Crippen LogP contribution in [0.3, 0.4) is 0 Å². The first kappa shape index (κ1) is 18.7. The molecule has 1 atom stereocenters. The van der Waals surface area contributed by atoms with Gasteiger partial charge in [-0.3, -0.25) is 14.2 Å². The van der Waals surface area contributed by atoms with E-state index in [1.807, 2.05) is 25.7 Å². The SMILES string of the molecule is Cc1sc2nc(SC(C)C(=O)N3CCc4sccc4C3)n(C)c(=O)c2c1C. The highest BCUT2D eigenvalue weighted by Crippen LogP contribution is 2.31. The molecule has 0 aliphatic carbocycles. The molecule has 0 saturated carbocycles. The fraction of sp³-hybridized carbons (Fsp3) is 0.421. The molecule has 0 fully saturated rings. The molecule has 0 N–H and O–H groups in total. The normalized spacial score (nSPS) is 15.2. The Balaban J connectivity index is 1.58. The zero-order valence-electron chi connectivity index (χ0n) is 15.7. The zero-order valence-corrected chi connectivity index (χ0v) is 18.2. The maximum absolute atomic E-state index is 12.9. The average Bonchev–Trinajstić information content (AvgIpc) is 3.22. The summed E-state index contributed by atoms with van der Waals surface area (Å²) in [5, 5.41) is 3.10. The Labute approximate surface area is 170 Å². The van der Waals surface area contributed by atoms with Gasteiger partial charge in [-0.15, -0.1) is 22.7 Å². The van der Waals surface area contributed by atoms with Crippen LogP contribution in [0.5, 0.6) is 0 Å². The number of rotatable bonds is 3. The lowest BCUT2D eigenvalue weighted by Gasteiger charge is -2.29. The molecule has 1 amide bonds. The molecular formula is C19H21N3O2S3. The topological polar surface area (TPSA) is 55.2 Å². The van der Waals surface area contributed by atoms with Gasteiger partial charge in [0.2, 0.25) is 5.91 Å². The van der Waals surface area contributed by atoms with Gasteiger partial charge >= 0.3 is 0 Å². The minimum Gasteiger partial charge on any atom is -0.337 e. The molecule has 0 spiro atoms. The summed E-state index contributed by atoms with van der Waals surface area (Å²) in [4.78, 5) is 35.6. The van der Waals surface area contributed by atoms with Crippen LogP contribution >= 0.6 is 34.4 Å². The van der Waals surface area contributed by atoms with Gasteiger partial charge in [0.05, 0.1) is 10.6 Å². The number of carbonyl (C=O) groups excluding carboxylic acids is 1. The summed E-state index contributed by atoms with van der Waals surface area (Å²) in [6, 6.07) is 2.11. The second kappa shape index (κ2) is 7.07. The van der Waals surface area contributed by atoms with Gasteiger partial charge in [-0.25, -0.2) is 4.98 Å². The lowest BCUT2D eigenvalue weighted by Crippen LogP contribution is -2.40. The van der Waals surface area contributed by atoms with Crippen LogP contribution in [0.15, 0.2) is 21.4 Å². The van der Waals surface area contributed by atoms with Crippen LogP contribution in [0.4, 0.5) is 0 Å². The van der Waals surface area contributed by atoms with E-state index in [-0.39, 0.29) is 16.7 Å². The minimum atomic E-state index is -0.289. The molecule has 0 radical (unpaired) electrons. The third kappa shape index (κ3) is 3.23. The second-order valence-electron chi connectivity index (χ2n) is 6.86.